The first-order valence-corrected chi connectivity index (χ1v) is 9.00. The first-order chi connectivity index (χ1) is 12.7. The minimum atomic E-state index is -1.13. The Bertz CT molecular complexity index is 731. The van der Waals surface area contributed by atoms with Crippen LogP contribution in [0.5, 0.6) is 0 Å². The molecule has 2 aliphatic carbocycles. The topological polar surface area (TPSA) is 82.1 Å². The third kappa shape index (κ3) is 3.45. The van der Waals surface area contributed by atoms with Crippen LogP contribution in [0, 0.1) is 11.3 Å². The molecular weight excluding hydrogens is 348 g/mol. The fourth-order valence-electron chi connectivity index (χ4n) is 4.76. The van der Waals surface area contributed by atoms with Gasteiger partial charge in [0.1, 0.15) is 0 Å². The Kier molecular flexibility index (Phi) is 6.24. The quantitative estimate of drug-likeness (QED) is 0.312. The van der Waals surface area contributed by atoms with Crippen LogP contribution in [0.2, 0.25) is 0 Å². The minimum absolute atomic E-state index is 0.0288. The lowest BCUT2D eigenvalue weighted by atomic mass is 9.52. The van der Waals surface area contributed by atoms with Gasteiger partial charge in [0.05, 0.1) is 7.11 Å². The second-order valence-corrected chi connectivity index (χ2v) is 7.58. The van der Waals surface area contributed by atoms with Crippen molar-refractivity contribution in [2.24, 2.45) is 11.3 Å². The van der Waals surface area contributed by atoms with Crippen LogP contribution in [-0.2, 0) is 24.3 Å². The smallest absolute Gasteiger partial charge is 0.305 e. The van der Waals surface area contributed by atoms with Gasteiger partial charge < -0.3 is 4.74 Å². The van der Waals surface area contributed by atoms with E-state index in [1.165, 1.54) is 7.11 Å². The highest BCUT2D eigenvalue weighted by Crippen LogP contribution is 2.59. The van der Waals surface area contributed by atoms with Gasteiger partial charge in [-0.25, -0.2) is 5.26 Å². The molecule has 0 aromatic carbocycles. The molecule has 1 fully saturated rings. The van der Waals surface area contributed by atoms with Crippen LogP contribution in [0.1, 0.15) is 46.5 Å². The fraction of sp³-hybridized carbons (Fsp3) is 0.524. The third-order valence-corrected chi connectivity index (χ3v) is 6.14. The first-order valence-electron chi connectivity index (χ1n) is 9.00. The number of rotatable bonds is 7. The van der Waals surface area contributed by atoms with Crippen LogP contribution >= 0.6 is 0 Å². The van der Waals surface area contributed by atoms with Crippen molar-refractivity contribution in [2.75, 3.05) is 7.11 Å². The van der Waals surface area contributed by atoms with E-state index >= 15 is 0 Å². The van der Waals surface area contributed by atoms with E-state index < -0.39 is 11.0 Å². The Labute approximate surface area is 160 Å². The van der Waals surface area contributed by atoms with Crippen molar-refractivity contribution in [3.8, 4) is 0 Å². The largest absolute Gasteiger partial charge is 0.469 e. The molecule has 3 atom stereocenters. The Morgan fingerprint density at radius 1 is 1.48 bits per heavy atom. The average molecular weight is 376 g/mol. The molecule has 0 unspecified atom stereocenters. The van der Waals surface area contributed by atoms with Crippen molar-refractivity contribution >= 4 is 11.8 Å². The highest BCUT2D eigenvalue weighted by molar-refractivity contribution is 6.07. The molecule has 0 radical (unpaired) electrons. The molecule has 1 N–H and O–H groups in total. The maximum atomic E-state index is 12.7. The number of ether oxygens (including phenoxy) is 1. The SMILES string of the molecule is C=CC1=C(C)C(=O)C=C2[C@@]1(OOO)CC[C@H](C(=C)C)[C@@]2(C)CCC(=O)OC. The van der Waals surface area contributed by atoms with Gasteiger partial charge in [0.25, 0.3) is 0 Å². The molecule has 2 aliphatic rings. The third-order valence-electron chi connectivity index (χ3n) is 6.14. The van der Waals surface area contributed by atoms with Gasteiger partial charge in [0.2, 0.25) is 0 Å². The first kappa shape index (κ1) is 21.3. The summed E-state index contributed by atoms with van der Waals surface area (Å²) in [4.78, 5) is 29.9. The number of carbonyl (C=O) groups is 2. The lowest BCUT2D eigenvalue weighted by molar-refractivity contribution is -0.518. The van der Waals surface area contributed by atoms with Gasteiger partial charge in [-0.2, -0.15) is 4.89 Å². The number of hydrogen-bond acceptors (Lipinski definition) is 6. The summed E-state index contributed by atoms with van der Waals surface area (Å²) in [7, 11) is 1.35. The highest BCUT2D eigenvalue weighted by Gasteiger charge is 2.57. The van der Waals surface area contributed by atoms with E-state index in [0.29, 0.717) is 36.0 Å². The lowest BCUT2D eigenvalue weighted by Crippen LogP contribution is -2.52. The molecule has 0 heterocycles. The normalized spacial score (nSPS) is 30.5. The van der Waals surface area contributed by atoms with Crippen LogP contribution < -0.4 is 0 Å². The van der Waals surface area contributed by atoms with E-state index in [4.69, 9.17) is 14.9 Å². The zero-order chi connectivity index (χ0) is 20.4. The number of fused-ring (bicyclic) bond motifs is 1. The van der Waals surface area contributed by atoms with Gasteiger partial charge >= 0.3 is 5.97 Å². The van der Waals surface area contributed by atoms with Gasteiger partial charge in [-0.05, 0) is 61.7 Å². The molecule has 0 aromatic heterocycles. The van der Waals surface area contributed by atoms with Crippen molar-refractivity contribution < 1.29 is 29.5 Å². The zero-order valence-corrected chi connectivity index (χ0v) is 16.5. The van der Waals surface area contributed by atoms with Gasteiger partial charge in [-0.3, -0.25) is 9.59 Å². The Morgan fingerprint density at radius 3 is 2.67 bits per heavy atom. The summed E-state index contributed by atoms with van der Waals surface area (Å²) in [6.07, 6.45) is 4.92. The van der Waals surface area contributed by atoms with E-state index in [1.807, 2.05) is 13.8 Å². The summed E-state index contributed by atoms with van der Waals surface area (Å²) >= 11 is 0. The molecule has 0 bridgehead atoms. The van der Waals surface area contributed by atoms with Gasteiger partial charge in [0, 0.05) is 12.0 Å². The van der Waals surface area contributed by atoms with Crippen molar-refractivity contribution in [2.45, 2.75) is 52.1 Å². The summed E-state index contributed by atoms with van der Waals surface area (Å²) in [5.41, 5.74) is 0.948. The van der Waals surface area contributed by atoms with E-state index in [-0.39, 0.29) is 24.1 Å². The van der Waals surface area contributed by atoms with Gasteiger partial charge in [-0.15, -0.1) is 0 Å². The van der Waals surface area contributed by atoms with Gasteiger partial charge in [-0.1, -0.05) is 36.8 Å². The van der Waals surface area contributed by atoms with Crippen molar-refractivity contribution in [1.29, 1.82) is 0 Å². The number of ketones is 1. The zero-order valence-electron chi connectivity index (χ0n) is 16.5. The van der Waals surface area contributed by atoms with Crippen LogP contribution in [0.3, 0.4) is 0 Å². The predicted molar refractivity (Wildman–Crippen MR) is 100 cm³/mol. The van der Waals surface area contributed by atoms with Crippen LogP contribution in [0.4, 0.5) is 0 Å². The maximum Gasteiger partial charge on any atom is 0.305 e. The monoisotopic (exact) mass is 376 g/mol. The Balaban J connectivity index is 2.65. The van der Waals surface area contributed by atoms with Crippen molar-refractivity contribution in [3.05, 3.63) is 47.6 Å². The molecule has 27 heavy (non-hydrogen) atoms. The summed E-state index contributed by atoms with van der Waals surface area (Å²) in [5, 5.41) is 13.3. The summed E-state index contributed by atoms with van der Waals surface area (Å²) in [6, 6.07) is 0. The van der Waals surface area contributed by atoms with E-state index in [9.17, 15) is 9.59 Å². The molecule has 0 aliphatic heterocycles. The molecule has 0 spiro atoms. The van der Waals surface area contributed by atoms with Crippen LogP contribution in [0.25, 0.3) is 0 Å². The second kappa shape index (κ2) is 7.92. The summed E-state index contributed by atoms with van der Waals surface area (Å²) in [5.74, 6) is -0.449. The second-order valence-electron chi connectivity index (χ2n) is 7.58. The van der Waals surface area contributed by atoms with Crippen LogP contribution in [0.15, 0.2) is 47.6 Å². The minimum Gasteiger partial charge on any atom is -0.469 e. The van der Waals surface area contributed by atoms with Crippen molar-refractivity contribution in [1.82, 2.24) is 0 Å². The number of hydrogen-bond donors (Lipinski definition) is 1. The standard InChI is InChI=1S/C21H28O6/c1-7-15-14(4)17(22)12-18-20(5,10-9-19(23)25-6)16(13(2)3)8-11-21(15,18)26-27-24/h7,12,16,24H,1-2,8-11H2,3-6H3/t16-,20-,21-/m1/s1. The Hall–Kier alpha value is -2.02. The Morgan fingerprint density at radius 2 is 2.15 bits per heavy atom. The van der Waals surface area contributed by atoms with E-state index in [1.54, 1.807) is 19.1 Å². The molecule has 6 heteroatoms. The lowest BCUT2D eigenvalue weighted by Gasteiger charge is -2.53. The number of methoxy groups -OCH3 is 1. The van der Waals surface area contributed by atoms with Gasteiger partial charge in [0.15, 0.2) is 11.4 Å². The summed E-state index contributed by atoms with van der Waals surface area (Å²) in [6.45, 7) is 13.6. The molecule has 0 amide bonds. The van der Waals surface area contributed by atoms with E-state index in [2.05, 4.69) is 18.2 Å². The van der Waals surface area contributed by atoms with Crippen molar-refractivity contribution in [3.63, 3.8) is 0 Å². The number of carbonyl (C=O) groups excluding carboxylic acids is 2. The molecule has 1 saturated carbocycles. The molecule has 148 valence electrons. The number of allylic oxidation sites excluding steroid dienone is 3. The average Bonchev–Trinajstić information content (AvgIpc) is 2.62. The number of esters is 1. The molecular formula is C21H28O6. The van der Waals surface area contributed by atoms with Crippen LogP contribution in [-0.4, -0.2) is 29.7 Å². The highest BCUT2D eigenvalue weighted by atomic mass is 17.5. The summed E-state index contributed by atoms with van der Waals surface area (Å²) < 4.78 is 4.80. The molecule has 0 aromatic rings. The van der Waals surface area contributed by atoms with E-state index in [0.717, 1.165) is 5.57 Å². The molecule has 0 saturated heterocycles. The fourth-order valence-corrected chi connectivity index (χ4v) is 4.76. The predicted octanol–water partition coefficient (Wildman–Crippen LogP) is 4.10. The molecule has 6 nitrogen and oxygen atoms in total. The maximum absolute atomic E-state index is 12.7. The molecule has 2 rings (SSSR count).